The molecule has 0 radical (unpaired) electrons. The van der Waals surface area contributed by atoms with Crippen molar-refractivity contribution in [2.45, 2.75) is 47.1 Å². The number of aliphatic hydroxyl groups excluding tert-OH is 1. The summed E-state index contributed by atoms with van der Waals surface area (Å²) in [5.74, 6) is 0. The van der Waals surface area contributed by atoms with E-state index in [0.29, 0.717) is 19.8 Å². The van der Waals surface area contributed by atoms with E-state index in [9.17, 15) is 0 Å². The smallest absolute Gasteiger partial charge is 0.506 e. The Bertz CT molecular complexity index is 239. The Balaban J connectivity index is 0. The van der Waals surface area contributed by atoms with Crippen LogP contribution in [0.1, 0.15) is 41.0 Å². The molecule has 5 nitrogen and oxygen atoms in total. The lowest BCUT2D eigenvalue weighted by atomic mass is 10.3. The molecule has 0 bridgehead atoms. The molecule has 7 heteroatoms. The lowest BCUT2D eigenvalue weighted by molar-refractivity contribution is -0.923. The summed E-state index contributed by atoms with van der Waals surface area (Å²) in [6.45, 7) is 16.6. The minimum atomic E-state index is -2.56. The van der Waals surface area contributed by atoms with Gasteiger partial charge in [-0.15, -0.1) is 0 Å². The normalized spacial score (nSPS) is 12.3. The minimum Gasteiger partial charge on any atom is -1.00 e. The molecule has 0 aromatic heterocycles. The SMILES string of the molecule is CCO[Si](CC[N+](CC)(CC)CCCO)(OCC)OCC.[Cl-]. The summed E-state index contributed by atoms with van der Waals surface area (Å²) >= 11 is 0. The molecule has 0 aliphatic rings. The lowest BCUT2D eigenvalue weighted by Crippen LogP contribution is -3.00. The highest BCUT2D eigenvalue weighted by molar-refractivity contribution is 6.60. The molecular formula is C15H36ClNO4Si. The van der Waals surface area contributed by atoms with Gasteiger partial charge in [0.1, 0.15) is 0 Å². The van der Waals surface area contributed by atoms with Crippen LogP contribution in [0.5, 0.6) is 0 Å². The summed E-state index contributed by atoms with van der Waals surface area (Å²) in [4.78, 5) is 0. The summed E-state index contributed by atoms with van der Waals surface area (Å²) < 4.78 is 18.8. The zero-order chi connectivity index (χ0) is 16.2. The van der Waals surface area contributed by atoms with E-state index >= 15 is 0 Å². The number of quaternary nitrogens is 1. The molecular weight excluding hydrogens is 322 g/mol. The van der Waals surface area contributed by atoms with Crippen molar-refractivity contribution in [2.75, 3.05) is 52.6 Å². The van der Waals surface area contributed by atoms with Crippen LogP contribution in [0.3, 0.4) is 0 Å². The molecule has 0 heterocycles. The molecule has 0 spiro atoms. The van der Waals surface area contributed by atoms with Gasteiger partial charge in [-0.25, -0.2) is 0 Å². The highest BCUT2D eigenvalue weighted by Gasteiger charge is 2.43. The first-order valence-electron chi connectivity index (χ1n) is 8.45. The van der Waals surface area contributed by atoms with Crippen molar-refractivity contribution < 1.29 is 35.3 Å². The van der Waals surface area contributed by atoms with Gasteiger partial charge in [-0.3, -0.25) is 0 Å². The van der Waals surface area contributed by atoms with Crippen LogP contribution in [0, 0.1) is 0 Å². The Morgan fingerprint density at radius 1 is 0.818 bits per heavy atom. The summed E-state index contributed by atoms with van der Waals surface area (Å²) in [6.07, 6.45) is 0.841. The molecule has 0 aromatic rings. The van der Waals surface area contributed by atoms with Gasteiger partial charge in [-0.1, -0.05) is 0 Å². The number of halogens is 1. The number of nitrogens with zero attached hydrogens (tertiary/aromatic N) is 1. The summed E-state index contributed by atoms with van der Waals surface area (Å²) in [5, 5.41) is 9.13. The third kappa shape index (κ3) is 8.24. The zero-order valence-electron chi connectivity index (χ0n) is 15.1. The van der Waals surface area contributed by atoms with Gasteiger partial charge in [0.05, 0.1) is 32.2 Å². The number of rotatable bonds is 14. The minimum absolute atomic E-state index is 0. The van der Waals surface area contributed by atoms with Crippen molar-refractivity contribution in [3.05, 3.63) is 0 Å². The molecule has 0 aromatic carbocycles. The second kappa shape index (κ2) is 13.7. The van der Waals surface area contributed by atoms with Crippen LogP contribution in [0.2, 0.25) is 6.04 Å². The monoisotopic (exact) mass is 357 g/mol. The van der Waals surface area contributed by atoms with Crippen LogP contribution < -0.4 is 12.4 Å². The van der Waals surface area contributed by atoms with E-state index in [1.807, 2.05) is 20.8 Å². The highest BCUT2D eigenvalue weighted by atomic mass is 35.5. The first-order chi connectivity index (χ1) is 10.1. The van der Waals surface area contributed by atoms with Crippen LogP contribution in [-0.2, 0) is 13.3 Å². The van der Waals surface area contributed by atoms with Crippen LogP contribution in [0.25, 0.3) is 0 Å². The van der Waals surface area contributed by atoms with Gasteiger partial charge in [0.15, 0.2) is 0 Å². The van der Waals surface area contributed by atoms with E-state index in [-0.39, 0.29) is 19.0 Å². The Hall–Kier alpha value is 0.307. The Labute approximate surface area is 144 Å². The molecule has 0 aliphatic carbocycles. The largest absolute Gasteiger partial charge is 1.00 e. The van der Waals surface area contributed by atoms with Gasteiger partial charge in [-0.05, 0) is 34.6 Å². The van der Waals surface area contributed by atoms with Gasteiger partial charge < -0.3 is 35.3 Å². The van der Waals surface area contributed by atoms with Crippen LogP contribution in [0.15, 0.2) is 0 Å². The Morgan fingerprint density at radius 2 is 1.27 bits per heavy atom. The lowest BCUT2D eigenvalue weighted by Gasteiger charge is -2.39. The van der Waals surface area contributed by atoms with Crippen molar-refractivity contribution >= 4 is 8.80 Å². The zero-order valence-corrected chi connectivity index (χ0v) is 16.8. The fraction of sp³-hybridized carbons (Fsp3) is 1.00. The van der Waals surface area contributed by atoms with Crippen LogP contribution in [-0.4, -0.2) is 71.0 Å². The van der Waals surface area contributed by atoms with E-state index in [1.54, 1.807) is 0 Å². The van der Waals surface area contributed by atoms with E-state index in [2.05, 4.69) is 13.8 Å². The van der Waals surface area contributed by atoms with Gasteiger partial charge in [0, 0.05) is 32.8 Å². The standard InChI is InChI=1S/C15H36NO4Si.ClH/c1-6-16(7-2,12-11-14-17)13-15-21(18-8-3,19-9-4)20-10-5;/h17H,6-15H2,1-5H3;1H/q+1;/p-1. The molecule has 0 unspecified atom stereocenters. The number of hydrogen-bond acceptors (Lipinski definition) is 4. The second-order valence-electron chi connectivity index (χ2n) is 5.23. The van der Waals surface area contributed by atoms with E-state index < -0.39 is 8.80 Å². The van der Waals surface area contributed by atoms with E-state index in [4.69, 9.17) is 18.4 Å². The quantitative estimate of drug-likeness (QED) is 0.329. The fourth-order valence-corrected chi connectivity index (χ4v) is 5.50. The average Bonchev–Trinajstić information content (AvgIpc) is 2.49. The van der Waals surface area contributed by atoms with Crippen molar-refractivity contribution in [1.82, 2.24) is 0 Å². The molecule has 0 fully saturated rings. The van der Waals surface area contributed by atoms with Crippen molar-refractivity contribution in [3.8, 4) is 0 Å². The summed E-state index contributed by atoms with van der Waals surface area (Å²) in [7, 11) is -2.56. The van der Waals surface area contributed by atoms with Crippen LogP contribution >= 0.6 is 0 Å². The molecule has 0 amide bonds. The maximum Gasteiger partial charge on any atom is 0.506 e. The molecule has 0 saturated carbocycles. The molecule has 0 atom stereocenters. The molecule has 0 saturated heterocycles. The predicted octanol–water partition coefficient (Wildman–Crippen LogP) is -0.722. The van der Waals surface area contributed by atoms with Crippen molar-refractivity contribution in [3.63, 3.8) is 0 Å². The molecule has 22 heavy (non-hydrogen) atoms. The van der Waals surface area contributed by atoms with Gasteiger partial charge in [0.25, 0.3) is 0 Å². The highest BCUT2D eigenvalue weighted by Crippen LogP contribution is 2.20. The number of aliphatic hydroxyl groups is 1. The molecule has 136 valence electrons. The average molecular weight is 358 g/mol. The first kappa shape index (κ1) is 24.6. The summed E-state index contributed by atoms with van der Waals surface area (Å²) in [5.41, 5.74) is 0. The molecule has 1 N–H and O–H groups in total. The Kier molecular flexibility index (Phi) is 15.3. The third-order valence-corrected chi connectivity index (χ3v) is 7.14. The van der Waals surface area contributed by atoms with Crippen LogP contribution in [0.4, 0.5) is 0 Å². The second-order valence-corrected chi connectivity index (χ2v) is 7.96. The third-order valence-electron chi connectivity index (χ3n) is 4.12. The van der Waals surface area contributed by atoms with Gasteiger partial charge in [0.2, 0.25) is 0 Å². The maximum atomic E-state index is 9.13. The van der Waals surface area contributed by atoms with Crippen molar-refractivity contribution in [2.24, 2.45) is 0 Å². The fourth-order valence-electron chi connectivity index (χ4n) is 2.75. The number of hydrogen-bond donors (Lipinski definition) is 1. The predicted molar refractivity (Wildman–Crippen MR) is 88.2 cm³/mol. The topological polar surface area (TPSA) is 47.9 Å². The van der Waals surface area contributed by atoms with E-state index in [0.717, 1.165) is 43.1 Å². The first-order valence-corrected chi connectivity index (χ1v) is 10.4. The van der Waals surface area contributed by atoms with Gasteiger partial charge >= 0.3 is 8.80 Å². The summed E-state index contributed by atoms with van der Waals surface area (Å²) in [6, 6.07) is 0.843. The maximum absolute atomic E-state index is 9.13. The molecule has 0 aliphatic heterocycles. The van der Waals surface area contributed by atoms with Gasteiger partial charge in [-0.2, -0.15) is 0 Å². The Morgan fingerprint density at radius 3 is 1.59 bits per heavy atom. The van der Waals surface area contributed by atoms with Crippen molar-refractivity contribution in [1.29, 1.82) is 0 Å². The van der Waals surface area contributed by atoms with E-state index in [1.165, 1.54) is 0 Å². The molecule has 0 rings (SSSR count).